The lowest BCUT2D eigenvalue weighted by molar-refractivity contribution is 0.0423. The molecule has 0 fully saturated rings. The van der Waals surface area contributed by atoms with Crippen molar-refractivity contribution in [3.63, 3.8) is 0 Å². The Balaban J connectivity index is 2.15. The summed E-state index contributed by atoms with van der Waals surface area (Å²) in [6.07, 6.45) is 3.23. The molecular weight excluding hydrogens is 312 g/mol. The second-order valence-corrected chi connectivity index (χ2v) is 5.66. The van der Waals surface area contributed by atoms with Crippen molar-refractivity contribution in [2.75, 3.05) is 44.4 Å². The van der Waals surface area contributed by atoms with Crippen LogP contribution in [0.1, 0.15) is 13.8 Å². The predicted octanol–water partition coefficient (Wildman–Crippen LogP) is -1.02. The Labute approximate surface area is 141 Å². The lowest BCUT2D eigenvalue weighted by atomic mass is 10.0. The molecule has 2 aromatic heterocycles. The Morgan fingerprint density at radius 2 is 1.75 bits per heavy atom. The lowest BCUT2D eigenvalue weighted by Gasteiger charge is -2.28. The quantitative estimate of drug-likeness (QED) is 0.434. The zero-order chi connectivity index (χ0) is 17.6. The largest absolute Gasteiger partial charge is 0.394 e. The number of hydrogen-bond donors (Lipinski definition) is 4. The van der Waals surface area contributed by atoms with Crippen LogP contribution in [0.2, 0.25) is 0 Å². The zero-order valence-electron chi connectivity index (χ0n) is 14.2. The second kappa shape index (κ2) is 8.34. The van der Waals surface area contributed by atoms with E-state index in [4.69, 9.17) is 0 Å². The van der Waals surface area contributed by atoms with Crippen LogP contribution in [0.25, 0.3) is 11.2 Å². The summed E-state index contributed by atoms with van der Waals surface area (Å²) >= 11 is 0. The van der Waals surface area contributed by atoms with Crippen molar-refractivity contribution >= 4 is 17.0 Å². The summed E-state index contributed by atoms with van der Waals surface area (Å²) in [5.41, 5.74) is 0.396. The van der Waals surface area contributed by atoms with E-state index in [1.54, 1.807) is 6.33 Å². The van der Waals surface area contributed by atoms with Gasteiger partial charge in [-0.15, -0.1) is 0 Å². The molecule has 9 heteroatoms. The fraction of sp³-hybridized carbons (Fsp3) is 0.667. The van der Waals surface area contributed by atoms with Gasteiger partial charge in [0.2, 0.25) is 0 Å². The highest BCUT2D eigenvalue weighted by Gasteiger charge is 2.27. The molecule has 0 amide bonds. The highest BCUT2D eigenvalue weighted by Crippen LogP contribution is 2.20. The molecule has 0 bridgehead atoms. The van der Waals surface area contributed by atoms with Crippen LogP contribution in [-0.2, 0) is 6.54 Å². The third-order valence-electron chi connectivity index (χ3n) is 4.21. The van der Waals surface area contributed by atoms with Gasteiger partial charge in [-0.25, -0.2) is 15.0 Å². The molecule has 24 heavy (non-hydrogen) atoms. The molecule has 0 saturated carbocycles. The Hall–Kier alpha value is -1.81. The van der Waals surface area contributed by atoms with Gasteiger partial charge in [0.1, 0.15) is 6.33 Å². The predicted molar refractivity (Wildman–Crippen MR) is 90.9 cm³/mol. The Bertz CT molecular complexity index is 631. The van der Waals surface area contributed by atoms with Crippen molar-refractivity contribution in [3.05, 3.63) is 12.7 Å². The topological polar surface area (TPSA) is 120 Å². The summed E-state index contributed by atoms with van der Waals surface area (Å²) in [7, 11) is 0. The molecule has 2 rings (SSSR count). The van der Waals surface area contributed by atoms with Crippen LogP contribution in [0.15, 0.2) is 12.7 Å². The van der Waals surface area contributed by atoms with Crippen LogP contribution >= 0.6 is 0 Å². The molecule has 134 valence electrons. The van der Waals surface area contributed by atoms with Gasteiger partial charge in [0.05, 0.1) is 31.7 Å². The van der Waals surface area contributed by atoms with Gasteiger partial charge in [0, 0.05) is 26.2 Å². The molecule has 0 atom stereocenters. The van der Waals surface area contributed by atoms with E-state index in [9.17, 15) is 15.3 Å². The van der Waals surface area contributed by atoms with Crippen molar-refractivity contribution in [1.82, 2.24) is 24.8 Å². The maximum absolute atomic E-state index is 9.33. The van der Waals surface area contributed by atoms with Crippen molar-refractivity contribution in [2.24, 2.45) is 0 Å². The highest BCUT2D eigenvalue weighted by molar-refractivity contribution is 5.83. The first kappa shape index (κ1) is 18.5. The lowest BCUT2D eigenvalue weighted by Crippen LogP contribution is -2.55. The zero-order valence-corrected chi connectivity index (χ0v) is 14.2. The first-order valence-electron chi connectivity index (χ1n) is 8.13. The van der Waals surface area contributed by atoms with Crippen molar-refractivity contribution < 1.29 is 15.3 Å². The molecule has 0 aromatic carbocycles. The fourth-order valence-electron chi connectivity index (χ4n) is 2.55. The van der Waals surface area contributed by atoms with Crippen LogP contribution in [0.4, 0.5) is 5.82 Å². The number of rotatable bonds is 10. The standard InChI is InChI=1S/C15H26N6O3/c1-3-20(4-2)13-12-14(17-10-16-13)21(11-18-12)6-5-19-15(7-22,8-23)9-24/h10-11,19,22-24H,3-9H2,1-2H3. The van der Waals surface area contributed by atoms with E-state index in [-0.39, 0.29) is 19.8 Å². The molecule has 0 saturated heterocycles. The molecule has 9 nitrogen and oxygen atoms in total. The number of anilines is 1. The average molecular weight is 338 g/mol. The van der Waals surface area contributed by atoms with Gasteiger partial charge in [-0.1, -0.05) is 0 Å². The number of aromatic nitrogens is 4. The van der Waals surface area contributed by atoms with Gasteiger partial charge in [0.25, 0.3) is 0 Å². The summed E-state index contributed by atoms with van der Waals surface area (Å²) < 4.78 is 1.88. The molecule has 2 aromatic rings. The third kappa shape index (κ3) is 3.64. The normalized spacial score (nSPS) is 12.0. The minimum Gasteiger partial charge on any atom is -0.394 e. The minimum absolute atomic E-state index is 0.348. The van der Waals surface area contributed by atoms with Crippen molar-refractivity contribution in [2.45, 2.75) is 25.9 Å². The summed E-state index contributed by atoms with van der Waals surface area (Å²) in [5, 5.41) is 31.0. The van der Waals surface area contributed by atoms with Gasteiger partial charge in [-0.2, -0.15) is 0 Å². The van der Waals surface area contributed by atoms with Crippen LogP contribution in [0, 0.1) is 0 Å². The van der Waals surface area contributed by atoms with Crippen molar-refractivity contribution in [1.29, 1.82) is 0 Å². The van der Waals surface area contributed by atoms with Gasteiger partial charge in [-0.3, -0.25) is 0 Å². The summed E-state index contributed by atoms with van der Waals surface area (Å²) in [5.74, 6) is 0.812. The molecule has 4 N–H and O–H groups in total. The molecule has 0 aliphatic rings. The average Bonchev–Trinajstić information content (AvgIpc) is 3.04. The monoisotopic (exact) mass is 338 g/mol. The maximum atomic E-state index is 9.33. The van der Waals surface area contributed by atoms with Crippen LogP contribution in [0.5, 0.6) is 0 Å². The first-order chi connectivity index (χ1) is 11.6. The Kier molecular flexibility index (Phi) is 6.44. The Morgan fingerprint density at radius 1 is 1.08 bits per heavy atom. The number of hydrogen-bond acceptors (Lipinski definition) is 8. The smallest absolute Gasteiger partial charge is 0.165 e. The molecule has 2 heterocycles. The van der Waals surface area contributed by atoms with E-state index < -0.39 is 5.54 Å². The number of nitrogens with zero attached hydrogens (tertiary/aromatic N) is 5. The molecule has 0 aliphatic carbocycles. The van der Waals surface area contributed by atoms with E-state index in [0.29, 0.717) is 13.1 Å². The van der Waals surface area contributed by atoms with E-state index in [0.717, 1.165) is 30.1 Å². The fourth-order valence-corrected chi connectivity index (χ4v) is 2.55. The van der Waals surface area contributed by atoms with E-state index in [2.05, 4.69) is 39.0 Å². The van der Waals surface area contributed by atoms with E-state index in [1.807, 2.05) is 4.57 Å². The molecule has 0 spiro atoms. The SMILES string of the molecule is CCN(CC)c1ncnc2c1ncn2CCNC(CO)(CO)CO. The third-order valence-corrected chi connectivity index (χ3v) is 4.21. The number of nitrogens with one attached hydrogen (secondary N) is 1. The van der Waals surface area contributed by atoms with Gasteiger partial charge < -0.3 is 30.1 Å². The molecule has 0 aliphatic heterocycles. The van der Waals surface area contributed by atoms with E-state index in [1.165, 1.54) is 6.33 Å². The minimum atomic E-state index is -1.09. The molecule has 0 radical (unpaired) electrons. The Morgan fingerprint density at radius 3 is 2.33 bits per heavy atom. The highest BCUT2D eigenvalue weighted by atomic mass is 16.3. The van der Waals surface area contributed by atoms with Crippen molar-refractivity contribution in [3.8, 4) is 0 Å². The molecular formula is C15H26N6O3. The van der Waals surface area contributed by atoms with Crippen LogP contribution in [-0.4, -0.2) is 79.8 Å². The number of aliphatic hydroxyl groups is 3. The summed E-state index contributed by atoms with van der Waals surface area (Å²) in [4.78, 5) is 15.2. The summed E-state index contributed by atoms with van der Waals surface area (Å²) in [6, 6.07) is 0. The maximum Gasteiger partial charge on any atom is 0.165 e. The number of imidazole rings is 1. The first-order valence-corrected chi connectivity index (χ1v) is 8.13. The summed E-state index contributed by atoms with van der Waals surface area (Å²) in [6.45, 7) is 5.74. The van der Waals surface area contributed by atoms with Crippen LogP contribution < -0.4 is 10.2 Å². The van der Waals surface area contributed by atoms with Gasteiger partial charge in [-0.05, 0) is 13.8 Å². The number of fused-ring (bicyclic) bond motifs is 1. The van der Waals surface area contributed by atoms with Gasteiger partial charge >= 0.3 is 0 Å². The van der Waals surface area contributed by atoms with E-state index >= 15 is 0 Å². The second-order valence-electron chi connectivity index (χ2n) is 5.66. The number of aliphatic hydroxyl groups excluding tert-OH is 3. The van der Waals surface area contributed by atoms with Crippen LogP contribution in [0.3, 0.4) is 0 Å². The van der Waals surface area contributed by atoms with Gasteiger partial charge in [0.15, 0.2) is 17.0 Å². The molecule has 0 unspecified atom stereocenters.